The second kappa shape index (κ2) is 3.72. The highest BCUT2D eigenvalue weighted by Crippen LogP contribution is 2.31. The van der Waals surface area contributed by atoms with Gasteiger partial charge in [0.25, 0.3) is 0 Å². The molecule has 1 aliphatic carbocycles. The SMILES string of the molecule is COC[C@@H]1CCC[C@H]1C(=O)O. The first-order valence-electron chi connectivity index (χ1n) is 3.97. The maximum atomic E-state index is 10.6. The summed E-state index contributed by atoms with van der Waals surface area (Å²) < 4.78 is 4.94. The molecule has 0 unspecified atom stereocenters. The summed E-state index contributed by atoms with van der Waals surface area (Å²) in [7, 11) is 1.62. The van der Waals surface area contributed by atoms with Crippen LogP contribution in [0.3, 0.4) is 0 Å². The van der Waals surface area contributed by atoms with E-state index in [2.05, 4.69) is 0 Å². The quantitative estimate of drug-likeness (QED) is 0.669. The van der Waals surface area contributed by atoms with Crippen LogP contribution < -0.4 is 0 Å². The van der Waals surface area contributed by atoms with E-state index in [0.717, 1.165) is 19.3 Å². The second-order valence-corrected chi connectivity index (χ2v) is 3.09. The number of hydrogen-bond donors (Lipinski definition) is 1. The molecule has 3 nitrogen and oxygen atoms in total. The molecule has 0 bridgehead atoms. The number of carbonyl (C=O) groups is 1. The predicted octanol–water partition coefficient (Wildman–Crippen LogP) is 1.13. The molecular weight excluding hydrogens is 144 g/mol. The lowest BCUT2D eigenvalue weighted by Gasteiger charge is -2.13. The Morgan fingerprint density at radius 3 is 2.91 bits per heavy atom. The van der Waals surface area contributed by atoms with E-state index in [4.69, 9.17) is 9.84 Å². The van der Waals surface area contributed by atoms with Gasteiger partial charge in [-0.2, -0.15) is 0 Å². The van der Waals surface area contributed by atoms with E-state index in [0.29, 0.717) is 6.61 Å². The Morgan fingerprint density at radius 2 is 2.36 bits per heavy atom. The largest absolute Gasteiger partial charge is 0.481 e. The van der Waals surface area contributed by atoms with Gasteiger partial charge in [0.2, 0.25) is 0 Å². The van der Waals surface area contributed by atoms with Gasteiger partial charge in [-0.05, 0) is 18.8 Å². The van der Waals surface area contributed by atoms with Gasteiger partial charge in [-0.25, -0.2) is 0 Å². The van der Waals surface area contributed by atoms with Crippen molar-refractivity contribution in [1.29, 1.82) is 0 Å². The normalized spacial score (nSPS) is 30.6. The summed E-state index contributed by atoms with van der Waals surface area (Å²) >= 11 is 0. The van der Waals surface area contributed by atoms with Crippen LogP contribution in [0.25, 0.3) is 0 Å². The molecule has 1 aliphatic rings. The van der Waals surface area contributed by atoms with E-state index < -0.39 is 5.97 Å². The summed E-state index contributed by atoms with van der Waals surface area (Å²) in [6.45, 7) is 0.594. The van der Waals surface area contributed by atoms with Crippen LogP contribution in [0.1, 0.15) is 19.3 Å². The van der Waals surface area contributed by atoms with Crippen molar-refractivity contribution in [3.63, 3.8) is 0 Å². The van der Waals surface area contributed by atoms with Gasteiger partial charge >= 0.3 is 5.97 Å². The highest BCUT2D eigenvalue weighted by molar-refractivity contribution is 5.70. The van der Waals surface area contributed by atoms with Crippen LogP contribution in [0.15, 0.2) is 0 Å². The summed E-state index contributed by atoms with van der Waals surface area (Å²) in [5.74, 6) is -0.572. The van der Waals surface area contributed by atoms with Gasteiger partial charge in [0.15, 0.2) is 0 Å². The van der Waals surface area contributed by atoms with Crippen LogP contribution in [-0.2, 0) is 9.53 Å². The molecule has 0 aromatic rings. The van der Waals surface area contributed by atoms with E-state index in [1.165, 1.54) is 0 Å². The van der Waals surface area contributed by atoms with Crippen LogP contribution >= 0.6 is 0 Å². The molecule has 0 amide bonds. The number of carboxylic acid groups (broad SMARTS) is 1. The monoisotopic (exact) mass is 158 g/mol. The zero-order valence-corrected chi connectivity index (χ0v) is 6.75. The zero-order chi connectivity index (χ0) is 8.27. The van der Waals surface area contributed by atoms with Crippen molar-refractivity contribution in [2.24, 2.45) is 11.8 Å². The van der Waals surface area contributed by atoms with Gasteiger partial charge < -0.3 is 9.84 Å². The molecule has 0 aliphatic heterocycles. The number of ether oxygens (including phenoxy) is 1. The molecule has 0 radical (unpaired) electrons. The highest BCUT2D eigenvalue weighted by Gasteiger charge is 2.32. The van der Waals surface area contributed by atoms with Crippen LogP contribution in [0.5, 0.6) is 0 Å². The predicted molar refractivity (Wildman–Crippen MR) is 40.3 cm³/mol. The van der Waals surface area contributed by atoms with E-state index in [1.54, 1.807) is 7.11 Å². The fraction of sp³-hybridized carbons (Fsp3) is 0.875. The van der Waals surface area contributed by atoms with Gasteiger partial charge in [-0.3, -0.25) is 4.79 Å². The Hall–Kier alpha value is -0.570. The molecule has 1 N–H and O–H groups in total. The first kappa shape index (κ1) is 8.53. The van der Waals surface area contributed by atoms with Crippen molar-refractivity contribution in [2.45, 2.75) is 19.3 Å². The third-order valence-corrected chi connectivity index (χ3v) is 2.36. The van der Waals surface area contributed by atoms with Gasteiger partial charge in [-0.1, -0.05) is 6.42 Å². The lowest BCUT2D eigenvalue weighted by atomic mass is 9.97. The summed E-state index contributed by atoms with van der Waals surface area (Å²) in [4.78, 5) is 10.6. The first-order chi connectivity index (χ1) is 5.25. The van der Waals surface area contributed by atoms with Gasteiger partial charge in [0, 0.05) is 13.7 Å². The number of rotatable bonds is 3. The van der Waals surface area contributed by atoms with E-state index >= 15 is 0 Å². The number of aliphatic carboxylic acids is 1. The standard InChI is InChI=1S/C8H14O3/c1-11-5-6-3-2-4-7(6)8(9)10/h6-7H,2-5H2,1H3,(H,9,10)/t6-,7+/m0/s1. The Labute approximate surface area is 66.4 Å². The third kappa shape index (κ3) is 1.93. The minimum atomic E-state index is -0.662. The highest BCUT2D eigenvalue weighted by atomic mass is 16.5. The van der Waals surface area contributed by atoms with Crippen molar-refractivity contribution in [3.8, 4) is 0 Å². The Bertz CT molecular complexity index is 144. The molecule has 0 aromatic heterocycles. The topological polar surface area (TPSA) is 46.5 Å². The van der Waals surface area contributed by atoms with Crippen molar-refractivity contribution in [3.05, 3.63) is 0 Å². The molecule has 1 saturated carbocycles. The minimum absolute atomic E-state index is 0.157. The van der Waals surface area contributed by atoms with Crippen LogP contribution in [0.4, 0.5) is 0 Å². The summed E-state index contributed by atoms with van der Waals surface area (Å²) in [5, 5.41) is 8.75. The first-order valence-corrected chi connectivity index (χ1v) is 3.97. The molecule has 2 atom stereocenters. The fourth-order valence-corrected chi connectivity index (χ4v) is 1.78. The molecule has 0 aromatic carbocycles. The van der Waals surface area contributed by atoms with E-state index in [-0.39, 0.29) is 11.8 Å². The second-order valence-electron chi connectivity index (χ2n) is 3.09. The van der Waals surface area contributed by atoms with Gasteiger partial charge in [0.1, 0.15) is 0 Å². The molecule has 64 valence electrons. The average Bonchev–Trinajstić information content (AvgIpc) is 2.36. The molecule has 0 heterocycles. The summed E-state index contributed by atoms with van der Waals surface area (Å²) in [5.41, 5.74) is 0. The van der Waals surface area contributed by atoms with Crippen LogP contribution in [-0.4, -0.2) is 24.8 Å². The van der Waals surface area contributed by atoms with Crippen LogP contribution in [0.2, 0.25) is 0 Å². The Kier molecular flexibility index (Phi) is 2.88. The lowest BCUT2D eigenvalue weighted by Crippen LogP contribution is -2.21. The number of hydrogen-bond acceptors (Lipinski definition) is 2. The van der Waals surface area contributed by atoms with Crippen molar-refractivity contribution >= 4 is 5.97 Å². The summed E-state index contributed by atoms with van der Waals surface area (Å²) in [6, 6.07) is 0. The van der Waals surface area contributed by atoms with E-state index in [9.17, 15) is 4.79 Å². The molecular formula is C8H14O3. The zero-order valence-electron chi connectivity index (χ0n) is 6.75. The number of methoxy groups -OCH3 is 1. The molecule has 0 spiro atoms. The van der Waals surface area contributed by atoms with Crippen LogP contribution in [0, 0.1) is 11.8 Å². The smallest absolute Gasteiger partial charge is 0.306 e. The van der Waals surface area contributed by atoms with Crippen molar-refractivity contribution < 1.29 is 14.6 Å². The lowest BCUT2D eigenvalue weighted by molar-refractivity contribution is -0.143. The maximum absolute atomic E-state index is 10.6. The van der Waals surface area contributed by atoms with Crippen molar-refractivity contribution in [2.75, 3.05) is 13.7 Å². The Morgan fingerprint density at radius 1 is 1.64 bits per heavy atom. The molecule has 1 rings (SSSR count). The van der Waals surface area contributed by atoms with Gasteiger partial charge in [0.05, 0.1) is 5.92 Å². The molecule has 1 fully saturated rings. The van der Waals surface area contributed by atoms with Gasteiger partial charge in [-0.15, -0.1) is 0 Å². The fourth-order valence-electron chi connectivity index (χ4n) is 1.78. The minimum Gasteiger partial charge on any atom is -0.481 e. The van der Waals surface area contributed by atoms with E-state index in [1.807, 2.05) is 0 Å². The molecule has 3 heteroatoms. The number of carboxylic acids is 1. The molecule has 0 saturated heterocycles. The summed E-state index contributed by atoms with van der Waals surface area (Å²) in [6.07, 6.45) is 2.86. The molecule has 11 heavy (non-hydrogen) atoms. The van der Waals surface area contributed by atoms with Crippen molar-refractivity contribution in [1.82, 2.24) is 0 Å². The Balaban J connectivity index is 2.44. The third-order valence-electron chi connectivity index (χ3n) is 2.36. The maximum Gasteiger partial charge on any atom is 0.306 e. The average molecular weight is 158 g/mol.